The summed E-state index contributed by atoms with van der Waals surface area (Å²) < 4.78 is 1.98. The Hall–Kier alpha value is -1.42. The number of pyridine rings is 1. The van der Waals surface area contributed by atoms with Crippen molar-refractivity contribution in [3.05, 3.63) is 30.2 Å². The van der Waals surface area contributed by atoms with Gasteiger partial charge in [0.1, 0.15) is 6.54 Å². The Morgan fingerprint density at radius 1 is 1.19 bits per heavy atom. The zero-order valence-electron chi connectivity index (χ0n) is 16.4. The van der Waals surface area contributed by atoms with Gasteiger partial charge in [0.05, 0.1) is 0 Å². The molecule has 0 saturated carbocycles. The topological polar surface area (TPSA) is 69.8 Å². The van der Waals surface area contributed by atoms with E-state index in [1.807, 2.05) is 28.8 Å². The van der Waals surface area contributed by atoms with Gasteiger partial charge in [-0.1, -0.05) is 19.4 Å². The van der Waals surface area contributed by atoms with Crippen LogP contribution in [0.15, 0.2) is 29.4 Å². The van der Waals surface area contributed by atoms with E-state index in [9.17, 15) is 0 Å². The molecule has 1 unspecified atom stereocenters. The van der Waals surface area contributed by atoms with E-state index in [0.717, 1.165) is 37.1 Å². The largest absolute Gasteiger partial charge is 0.357 e. The lowest BCUT2D eigenvalue weighted by Gasteiger charge is -2.29. The zero-order chi connectivity index (χ0) is 18.2. The lowest BCUT2D eigenvalue weighted by atomic mass is 10.1. The number of piperidine rings is 1. The van der Waals surface area contributed by atoms with Crippen LogP contribution in [-0.2, 0) is 6.54 Å². The van der Waals surface area contributed by atoms with E-state index in [0.29, 0.717) is 12.5 Å². The van der Waals surface area contributed by atoms with Gasteiger partial charge in [0, 0.05) is 25.8 Å². The molecule has 8 heteroatoms. The van der Waals surface area contributed by atoms with E-state index < -0.39 is 0 Å². The van der Waals surface area contributed by atoms with Gasteiger partial charge in [0.25, 0.3) is 0 Å². The van der Waals surface area contributed by atoms with Crippen LogP contribution in [0.3, 0.4) is 0 Å². The molecule has 27 heavy (non-hydrogen) atoms. The van der Waals surface area contributed by atoms with Crippen molar-refractivity contribution in [1.29, 1.82) is 0 Å². The first-order valence-electron chi connectivity index (χ1n) is 9.79. The molecule has 7 nitrogen and oxygen atoms in total. The van der Waals surface area contributed by atoms with Crippen molar-refractivity contribution in [2.75, 3.05) is 32.7 Å². The monoisotopic (exact) mass is 485 g/mol. The number of aliphatic imine (C=N–C) groups is 1. The maximum atomic E-state index is 4.68. The minimum absolute atomic E-state index is 0. The molecule has 0 aliphatic carbocycles. The second-order valence-corrected chi connectivity index (χ2v) is 7.09. The summed E-state index contributed by atoms with van der Waals surface area (Å²) in [5, 5.41) is 15.2. The molecular weight excluding hydrogens is 453 g/mol. The molecule has 150 valence electrons. The summed E-state index contributed by atoms with van der Waals surface area (Å²) in [6.45, 7) is 10.3. The zero-order valence-corrected chi connectivity index (χ0v) is 18.7. The molecule has 1 fully saturated rings. The number of nitrogens with one attached hydrogen (secondary N) is 2. The molecule has 0 spiro atoms. The van der Waals surface area contributed by atoms with Crippen molar-refractivity contribution < 1.29 is 0 Å². The number of guanidine groups is 1. The van der Waals surface area contributed by atoms with E-state index in [1.165, 1.54) is 32.4 Å². The van der Waals surface area contributed by atoms with Gasteiger partial charge in [-0.05, 0) is 50.9 Å². The number of hydrogen-bond acceptors (Lipinski definition) is 4. The Kier molecular flexibility index (Phi) is 9.26. The first-order chi connectivity index (χ1) is 12.8. The number of nitrogens with zero attached hydrogens (tertiary/aromatic N) is 5. The molecule has 1 atom stereocenters. The molecular formula is C19H32IN7. The van der Waals surface area contributed by atoms with Crippen LogP contribution in [-0.4, -0.2) is 58.2 Å². The van der Waals surface area contributed by atoms with E-state index in [-0.39, 0.29) is 24.0 Å². The highest BCUT2D eigenvalue weighted by Gasteiger charge is 2.13. The van der Waals surface area contributed by atoms with Crippen molar-refractivity contribution in [3.63, 3.8) is 0 Å². The lowest BCUT2D eigenvalue weighted by Crippen LogP contribution is -2.42. The molecule has 0 aromatic carbocycles. The van der Waals surface area contributed by atoms with Gasteiger partial charge in [0.15, 0.2) is 17.4 Å². The first-order valence-corrected chi connectivity index (χ1v) is 9.79. The molecule has 3 rings (SSSR count). The molecule has 0 amide bonds. The molecule has 3 heterocycles. The molecule has 1 saturated heterocycles. The van der Waals surface area contributed by atoms with Crippen LogP contribution in [0.25, 0.3) is 5.65 Å². The van der Waals surface area contributed by atoms with Gasteiger partial charge < -0.3 is 15.5 Å². The fraction of sp³-hybridized carbons (Fsp3) is 0.632. The van der Waals surface area contributed by atoms with Crippen LogP contribution >= 0.6 is 24.0 Å². The minimum atomic E-state index is 0. The van der Waals surface area contributed by atoms with Gasteiger partial charge in [0.2, 0.25) is 0 Å². The van der Waals surface area contributed by atoms with E-state index >= 15 is 0 Å². The van der Waals surface area contributed by atoms with E-state index in [2.05, 4.69) is 44.6 Å². The summed E-state index contributed by atoms with van der Waals surface area (Å²) >= 11 is 0. The summed E-state index contributed by atoms with van der Waals surface area (Å²) in [7, 11) is 0. The van der Waals surface area contributed by atoms with E-state index in [1.54, 1.807) is 0 Å². The highest BCUT2D eigenvalue weighted by atomic mass is 127. The van der Waals surface area contributed by atoms with Crippen LogP contribution in [0.4, 0.5) is 0 Å². The summed E-state index contributed by atoms with van der Waals surface area (Å²) in [4.78, 5) is 7.27. The van der Waals surface area contributed by atoms with Crippen LogP contribution in [0.2, 0.25) is 0 Å². The third-order valence-corrected chi connectivity index (χ3v) is 4.74. The predicted molar refractivity (Wildman–Crippen MR) is 121 cm³/mol. The SMILES string of the molecule is CCNC(=NCc1nnc2ccccn12)NCC(C)CN1CCCCC1.I. The second kappa shape index (κ2) is 11.4. The van der Waals surface area contributed by atoms with Gasteiger partial charge in [-0.15, -0.1) is 34.2 Å². The normalized spacial score (nSPS) is 16.7. The number of fused-ring (bicyclic) bond motifs is 1. The predicted octanol–water partition coefficient (Wildman–Crippen LogP) is 2.52. The Morgan fingerprint density at radius 2 is 2.00 bits per heavy atom. The molecule has 1 aliphatic rings. The van der Waals surface area contributed by atoms with E-state index in [4.69, 9.17) is 0 Å². The van der Waals surface area contributed by atoms with Gasteiger partial charge in [-0.3, -0.25) is 4.40 Å². The van der Waals surface area contributed by atoms with Gasteiger partial charge >= 0.3 is 0 Å². The molecule has 0 radical (unpaired) electrons. The standard InChI is InChI=1S/C19H31N7.HI/c1-3-20-19(21-13-16(2)15-25-10-6-4-7-11-25)22-14-18-24-23-17-9-5-8-12-26(17)18;/h5,8-9,12,16H,3-4,6-7,10-11,13-15H2,1-2H3,(H2,20,21,22);1H. The molecule has 2 aromatic heterocycles. The highest BCUT2D eigenvalue weighted by Crippen LogP contribution is 2.10. The smallest absolute Gasteiger partial charge is 0.191 e. The Balaban J connectivity index is 0.00000261. The summed E-state index contributed by atoms with van der Waals surface area (Å²) in [5.41, 5.74) is 0.853. The third kappa shape index (κ3) is 6.60. The van der Waals surface area contributed by atoms with Crippen molar-refractivity contribution in [2.45, 2.75) is 39.7 Å². The van der Waals surface area contributed by atoms with Crippen LogP contribution < -0.4 is 10.6 Å². The third-order valence-electron chi connectivity index (χ3n) is 4.74. The van der Waals surface area contributed by atoms with Crippen LogP contribution in [0, 0.1) is 5.92 Å². The Bertz CT molecular complexity index is 709. The maximum absolute atomic E-state index is 4.68. The molecule has 1 aliphatic heterocycles. The average Bonchev–Trinajstić information content (AvgIpc) is 3.08. The fourth-order valence-electron chi connectivity index (χ4n) is 3.41. The van der Waals surface area contributed by atoms with Crippen molar-refractivity contribution in [3.8, 4) is 0 Å². The maximum Gasteiger partial charge on any atom is 0.191 e. The quantitative estimate of drug-likeness (QED) is 0.359. The lowest BCUT2D eigenvalue weighted by molar-refractivity contribution is 0.201. The molecule has 2 N–H and O–H groups in total. The fourth-order valence-corrected chi connectivity index (χ4v) is 3.41. The number of aromatic nitrogens is 3. The minimum Gasteiger partial charge on any atom is -0.357 e. The van der Waals surface area contributed by atoms with Crippen LogP contribution in [0.5, 0.6) is 0 Å². The Labute approximate surface area is 179 Å². The second-order valence-electron chi connectivity index (χ2n) is 7.09. The number of likely N-dealkylation sites (tertiary alicyclic amines) is 1. The van der Waals surface area contributed by atoms with Crippen LogP contribution in [0.1, 0.15) is 38.9 Å². The highest BCUT2D eigenvalue weighted by molar-refractivity contribution is 14.0. The summed E-state index contributed by atoms with van der Waals surface area (Å²) in [6.07, 6.45) is 6.05. The Morgan fingerprint density at radius 3 is 2.78 bits per heavy atom. The average molecular weight is 485 g/mol. The van der Waals surface area contributed by atoms with Gasteiger partial charge in [-0.25, -0.2) is 4.99 Å². The van der Waals surface area contributed by atoms with Crippen molar-refractivity contribution in [1.82, 2.24) is 30.1 Å². The summed E-state index contributed by atoms with van der Waals surface area (Å²) in [5.74, 6) is 2.27. The number of halogens is 1. The van der Waals surface area contributed by atoms with Gasteiger partial charge in [-0.2, -0.15) is 0 Å². The first kappa shape index (κ1) is 21.9. The number of rotatable bonds is 7. The number of hydrogen-bond donors (Lipinski definition) is 2. The molecule has 2 aromatic rings. The van der Waals surface area contributed by atoms with Crippen molar-refractivity contribution in [2.24, 2.45) is 10.9 Å². The van der Waals surface area contributed by atoms with Crippen molar-refractivity contribution >= 4 is 35.6 Å². The summed E-state index contributed by atoms with van der Waals surface area (Å²) in [6, 6.07) is 5.90. The molecule has 0 bridgehead atoms.